The number of amides is 1. The molecule has 4 nitrogen and oxygen atoms in total. The molecule has 0 unspecified atom stereocenters. The fourth-order valence-corrected chi connectivity index (χ4v) is 3.90. The van der Waals surface area contributed by atoms with Crippen LogP contribution >= 0.6 is 11.3 Å². The maximum absolute atomic E-state index is 14.1. The number of carbonyl (C=O) groups is 1. The van der Waals surface area contributed by atoms with E-state index in [1.807, 2.05) is 19.1 Å². The van der Waals surface area contributed by atoms with Crippen molar-refractivity contribution in [2.24, 2.45) is 0 Å². The van der Waals surface area contributed by atoms with Crippen LogP contribution in [0.1, 0.15) is 21.5 Å². The average Bonchev–Trinajstić information content (AvgIpc) is 3.10. The minimum atomic E-state index is -0.748. The number of rotatable bonds is 4. The number of nitrogens with zero attached hydrogens (tertiary/aromatic N) is 3. The van der Waals surface area contributed by atoms with E-state index in [0.717, 1.165) is 28.5 Å². The highest BCUT2D eigenvalue weighted by molar-refractivity contribution is 7.22. The molecule has 0 bridgehead atoms. The van der Waals surface area contributed by atoms with Crippen LogP contribution in [0.3, 0.4) is 0 Å². The Bertz CT molecular complexity index is 1160. The van der Waals surface area contributed by atoms with Crippen molar-refractivity contribution >= 4 is 32.6 Å². The van der Waals surface area contributed by atoms with Gasteiger partial charge in [0, 0.05) is 24.0 Å². The van der Waals surface area contributed by atoms with Gasteiger partial charge in [0.2, 0.25) is 0 Å². The van der Waals surface area contributed by atoms with Gasteiger partial charge in [-0.1, -0.05) is 35.1 Å². The molecule has 4 aromatic rings. The first kappa shape index (κ1) is 18.2. The topological polar surface area (TPSA) is 46.1 Å². The van der Waals surface area contributed by atoms with Crippen LogP contribution in [0, 0.1) is 18.6 Å². The lowest BCUT2D eigenvalue weighted by Gasteiger charge is -2.20. The Morgan fingerprint density at radius 1 is 1.14 bits per heavy atom. The summed E-state index contributed by atoms with van der Waals surface area (Å²) >= 11 is 1.07. The number of halogens is 2. The number of fused-ring (bicyclic) bond motifs is 1. The second-order valence-corrected chi connectivity index (χ2v) is 7.36. The molecule has 0 saturated heterocycles. The number of aryl methyl sites for hydroxylation is 1. The van der Waals surface area contributed by atoms with Gasteiger partial charge in [0.25, 0.3) is 5.91 Å². The molecule has 4 rings (SSSR count). The van der Waals surface area contributed by atoms with Crippen LogP contribution < -0.4 is 4.90 Å². The molecule has 0 fully saturated rings. The quantitative estimate of drug-likeness (QED) is 0.482. The van der Waals surface area contributed by atoms with Gasteiger partial charge < -0.3 is 0 Å². The Morgan fingerprint density at radius 2 is 2.00 bits per heavy atom. The van der Waals surface area contributed by atoms with Gasteiger partial charge in [-0.2, -0.15) is 0 Å². The van der Waals surface area contributed by atoms with Crippen LogP contribution in [0.25, 0.3) is 10.2 Å². The maximum atomic E-state index is 14.1. The molecular formula is C21H15F2N3OS. The van der Waals surface area contributed by atoms with E-state index in [1.54, 1.807) is 36.7 Å². The van der Waals surface area contributed by atoms with E-state index in [2.05, 4.69) is 9.97 Å². The van der Waals surface area contributed by atoms with E-state index in [9.17, 15) is 13.6 Å². The van der Waals surface area contributed by atoms with Crippen molar-refractivity contribution in [3.63, 3.8) is 0 Å². The van der Waals surface area contributed by atoms with Gasteiger partial charge in [0.05, 0.1) is 11.2 Å². The first-order valence-electron chi connectivity index (χ1n) is 8.54. The molecule has 2 aromatic carbocycles. The second-order valence-electron chi connectivity index (χ2n) is 6.35. The van der Waals surface area contributed by atoms with Gasteiger partial charge in [-0.05, 0) is 36.8 Å². The monoisotopic (exact) mass is 395 g/mol. The van der Waals surface area contributed by atoms with Crippen molar-refractivity contribution in [3.05, 3.63) is 89.2 Å². The highest BCUT2D eigenvalue weighted by atomic mass is 32.1. The number of thiazole rings is 1. The summed E-state index contributed by atoms with van der Waals surface area (Å²) in [5.41, 5.74) is 2.29. The molecule has 140 valence electrons. The molecule has 2 aromatic heterocycles. The number of benzene rings is 2. The molecule has 0 aliphatic carbocycles. The van der Waals surface area contributed by atoms with Crippen molar-refractivity contribution in [1.29, 1.82) is 0 Å². The number of pyridine rings is 1. The van der Waals surface area contributed by atoms with Crippen LogP contribution in [-0.2, 0) is 6.54 Å². The molecular weight excluding hydrogens is 380 g/mol. The fourth-order valence-electron chi connectivity index (χ4n) is 2.90. The Labute approximate surface area is 164 Å². The Hall–Kier alpha value is -3.19. The molecule has 0 aliphatic heterocycles. The van der Waals surface area contributed by atoms with Gasteiger partial charge in [-0.25, -0.2) is 13.8 Å². The number of anilines is 1. The summed E-state index contributed by atoms with van der Waals surface area (Å²) in [7, 11) is 0. The van der Waals surface area contributed by atoms with Gasteiger partial charge in [-0.15, -0.1) is 0 Å². The molecule has 0 radical (unpaired) electrons. The third-order valence-electron chi connectivity index (χ3n) is 4.21. The SMILES string of the molecule is Cc1cccc(C(=O)N(Cc2cccnc2)c2nc3c(F)cc(F)cc3s2)c1. The number of carbonyl (C=O) groups excluding carboxylic acids is 1. The first-order valence-corrected chi connectivity index (χ1v) is 9.36. The van der Waals surface area contributed by atoms with Crippen LogP contribution in [0.4, 0.5) is 13.9 Å². The summed E-state index contributed by atoms with van der Waals surface area (Å²) in [6.45, 7) is 2.11. The van der Waals surface area contributed by atoms with E-state index in [1.165, 1.54) is 11.0 Å². The Kier molecular flexibility index (Phi) is 4.83. The standard InChI is InChI=1S/C21H15F2N3OS/c1-13-4-2-6-15(8-13)20(27)26(12-14-5-3-7-24-11-14)21-25-19-17(23)9-16(22)10-18(19)28-21/h2-11H,12H2,1H3. The minimum Gasteiger partial charge on any atom is -0.279 e. The minimum absolute atomic E-state index is 0.0506. The molecule has 0 spiro atoms. The maximum Gasteiger partial charge on any atom is 0.260 e. The number of aromatic nitrogens is 2. The van der Waals surface area contributed by atoms with Gasteiger partial charge in [0.15, 0.2) is 10.9 Å². The normalized spacial score (nSPS) is 11.0. The summed E-state index contributed by atoms with van der Waals surface area (Å²) in [5, 5.41) is 0.301. The van der Waals surface area contributed by atoms with Crippen molar-refractivity contribution in [2.75, 3.05) is 4.90 Å². The molecule has 7 heteroatoms. The summed E-state index contributed by atoms with van der Waals surface area (Å²) in [6, 6.07) is 12.8. The predicted molar refractivity (Wildman–Crippen MR) is 105 cm³/mol. The zero-order valence-corrected chi connectivity index (χ0v) is 15.7. The van der Waals surface area contributed by atoms with E-state index in [-0.39, 0.29) is 18.0 Å². The zero-order valence-electron chi connectivity index (χ0n) is 14.9. The smallest absolute Gasteiger partial charge is 0.260 e. The van der Waals surface area contributed by atoms with Gasteiger partial charge in [0.1, 0.15) is 11.3 Å². The largest absolute Gasteiger partial charge is 0.279 e. The lowest BCUT2D eigenvalue weighted by Crippen LogP contribution is -2.30. The van der Waals surface area contributed by atoms with E-state index < -0.39 is 11.6 Å². The predicted octanol–water partition coefficient (Wildman–Crippen LogP) is 5.12. The average molecular weight is 395 g/mol. The summed E-state index contributed by atoms with van der Waals surface area (Å²) < 4.78 is 28.0. The van der Waals surface area contributed by atoms with Crippen molar-refractivity contribution in [3.8, 4) is 0 Å². The van der Waals surface area contributed by atoms with Gasteiger partial charge in [-0.3, -0.25) is 14.7 Å². The summed E-state index contributed by atoms with van der Waals surface area (Å²) in [5.74, 6) is -1.70. The Balaban J connectivity index is 1.80. The van der Waals surface area contributed by atoms with E-state index in [4.69, 9.17) is 0 Å². The van der Waals surface area contributed by atoms with Gasteiger partial charge >= 0.3 is 0 Å². The Morgan fingerprint density at radius 3 is 2.75 bits per heavy atom. The molecule has 0 aliphatic rings. The third-order valence-corrected chi connectivity index (χ3v) is 5.23. The summed E-state index contributed by atoms with van der Waals surface area (Å²) in [4.78, 5) is 23.1. The van der Waals surface area contributed by atoms with E-state index >= 15 is 0 Å². The molecule has 0 N–H and O–H groups in total. The van der Waals surface area contributed by atoms with Crippen LogP contribution in [0.2, 0.25) is 0 Å². The number of hydrogen-bond acceptors (Lipinski definition) is 4. The van der Waals surface area contributed by atoms with Crippen LogP contribution in [-0.4, -0.2) is 15.9 Å². The lowest BCUT2D eigenvalue weighted by molar-refractivity contribution is 0.0985. The molecule has 2 heterocycles. The third kappa shape index (κ3) is 3.61. The molecule has 1 amide bonds. The second kappa shape index (κ2) is 7.44. The van der Waals surface area contributed by atoms with Crippen molar-refractivity contribution in [1.82, 2.24) is 9.97 Å². The lowest BCUT2D eigenvalue weighted by atomic mass is 10.1. The molecule has 28 heavy (non-hydrogen) atoms. The number of hydrogen-bond donors (Lipinski definition) is 0. The highest BCUT2D eigenvalue weighted by Crippen LogP contribution is 2.32. The first-order chi connectivity index (χ1) is 13.5. The fraction of sp³-hybridized carbons (Fsp3) is 0.0952. The van der Waals surface area contributed by atoms with Crippen LogP contribution in [0.15, 0.2) is 60.9 Å². The van der Waals surface area contributed by atoms with Crippen molar-refractivity contribution in [2.45, 2.75) is 13.5 Å². The van der Waals surface area contributed by atoms with E-state index in [0.29, 0.717) is 15.4 Å². The summed E-state index contributed by atoms with van der Waals surface area (Å²) in [6.07, 6.45) is 3.30. The molecule has 0 saturated carbocycles. The molecule has 0 atom stereocenters. The van der Waals surface area contributed by atoms with Crippen molar-refractivity contribution < 1.29 is 13.6 Å². The van der Waals surface area contributed by atoms with Crippen LogP contribution in [0.5, 0.6) is 0 Å². The zero-order chi connectivity index (χ0) is 19.7. The highest BCUT2D eigenvalue weighted by Gasteiger charge is 2.23.